The van der Waals surface area contributed by atoms with Gasteiger partial charge in [-0.2, -0.15) is 0 Å². The summed E-state index contributed by atoms with van der Waals surface area (Å²) in [6, 6.07) is 13.3. The van der Waals surface area contributed by atoms with Crippen LogP contribution < -0.4 is 4.90 Å². The lowest BCUT2D eigenvalue weighted by molar-refractivity contribution is 0.0651. The SMILES string of the molecule is O=C1c2ccccc2C(=O)N1CCCCCN1Cc2cccc3ncc1n23. The van der Waals surface area contributed by atoms with Gasteiger partial charge in [0.1, 0.15) is 11.5 Å². The van der Waals surface area contributed by atoms with Crippen LogP contribution in [0.4, 0.5) is 5.82 Å². The maximum atomic E-state index is 12.4. The molecule has 2 amide bonds. The summed E-state index contributed by atoms with van der Waals surface area (Å²) in [4.78, 5) is 32.9. The highest BCUT2D eigenvalue weighted by molar-refractivity contribution is 6.21. The van der Waals surface area contributed by atoms with Gasteiger partial charge in [-0.25, -0.2) is 4.98 Å². The molecule has 0 unspecified atom stereocenters. The van der Waals surface area contributed by atoms with Crippen LogP contribution in [0.2, 0.25) is 0 Å². The first-order chi connectivity index (χ1) is 13.2. The molecule has 0 saturated carbocycles. The van der Waals surface area contributed by atoms with Gasteiger partial charge in [-0.15, -0.1) is 0 Å². The summed E-state index contributed by atoms with van der Waals surface area (Å²) in [6.07, 6.45) is 4.76. The number of unbranched alkanes of at least 4 members (excludes halogenated alkanes) is 2. The Kier molecular flexibility index (Phi) is 3.70. The maximum Gasteiger partial charge on any atom is 0.261 e. The molecule has 4 heterocycles. The molecule has 3 aromatic rings. The number of aromatic nitrogens is 2. The van der Waals surface area contributed by atoms with Crippen LogP contribution in [-0.2, 0) is 6.54 Å². The van der Waals surface area contributed by atoms with E-state index in [9.17, 15) is 9.59 Å². The molecule has 0 fully saturated rings. The number of hydrogen-bond acceptors (Lipinski definition) is 4. The van der Waals surface area contributed by atoms with Crippen LogP contribution in [0.5, 0.6) is 0 Å². The van der Waals surface area contributed by atoms with E-state index in [1.54, 1.807) is 24.3 Å². The number of rotatable bonds is 6. The first-order valence-electron chi connectivity index (χ1n) is 9.39. The van der Waals surface area contributed by atoms with Gasteiger partial charge >= 0.3 is 0 Å². The van der Waals surface area contributed by atoms with Crippen LogP contribution in [0.3, 0.4) is 0 Å². The number of fused-ring (bicyclic) bond motifs is 1. The zero-order valence-electron chi connectivity index (χ0n) is 15.0. The first kappa shape index (κ1) is 16.1. The van der Waals surface area contributed by atoms with Crippen LogP contribution in [0.1, 0.15) is 45.7 Å². The van der Waals surface area contributed by atoms with E-state index in [-0.39, 0.29) is 11.8 Å². The third-order valence-corrected chi connectivity index (χ3v) is 5.46. The number of pyridine rings is 1. The van der Waals surface area contributed by atoms with Gasteiger partial charge in [0, 0.05) is 18.8 Å². The van der Waals surface area contributed by atoms with Crippen LogP contribution in [0.15, 0.2) is 48.7 Å². The van der Waals surface area contributed by atoms with Crippen molar-refractivity contribution in [2.24, 2.45) is 0 Å². The minimum Gasteiger partial charge on any atom is -0.351 e. The highest BCUT2D eigenvalue weighted by Crippen LogP contribution is 2.28. The Bertz CT molecular complexity index is 1020. The Hall–Kier alpha value is -3.15. The lowest BCUT2D eigenvalue weighted by atomic mass is 10.1. The van der Waals surface area contributed by atoms with E-state index in [4.69, 9.17) is 0 Å². The monoisotopic (exact) mass is 360 g/mol. The second-order valence-corrected chi connectivity index (χ2v) is 7.12. The molecule has 5 rings (SSSR count). The molecular weight excluding hydrogens is 340 g/mol. The molecular formula is C21H20N4O2. The van der Waals surface area contributed by atoms with E-state index >= 15 is 0 Å². The highest BCUT2D eigenvalue weighted by atomic mass is 16.2. The van der Waals surface area contributed by atoms with Gasteiger partial charge in [0.15, 0.2) is 0 Å². The fraction of sp³-hybridized carbons (Fsp3) is 0.286. The molecule has 136 valence electrons. The third kappa shape index (κ3) is 2.51. The lowest BCUT2D eigenvalue weighted by Gasteiger charge is -2.17. The second-order valence-electron chi connectivity index (χ2n) is 7.12. The van der Waals surface area contributed by atoms with Crippen LogP contribution >= 0.6 is 0 Å². The van der Waals surface area contributed by atoms with Crippen molar-refractivity contribution in [3.8, 4) is 0 Å². The number of benzene rings is 1. The number of amides is 2. The Labute approximate surface area is 157 Å². The zero-order valence-corrected chi connectivity index (χ0v) is 15.0. The van der Waals surface area contributed by atoms with Gasteiger partial charge in [0.05, 0.1) is 23.9 Å². The smallest absolute Gasteiger partial charge is 0.261 e. The van der Waals surface area contributed by atoms with Crippen molar-refractivity contribution in [1.29, 1.82) is 0 Å². The van der Waals surface area contributed by atoms with Crippen molar-refractivity contribution in [3.05, 3.63) is 65.5 Å². The summed E-state index contributed by atoms with van der Waals surface area (Å²) in [5, 5.41) is 0. The van der Waals surface area contributed by atoms with Crippen molar-refractivity contribution in [2.45, 2.75) is 25.8 Å². The summed E-state index contributed by atoms with van der Waals surface area (Å²) in [6.45, 7) is 2.35. The van der Waals surface area contributed by atoms with Gasteiger partial charge in [0.25, 0.3) is 11.8 Å². The van der Waals surface area contributed by atoms with E-state index in [0.29, 0.717) is 17.7 Å². The van der Waals surface area contributed by atoms with Gasteiger partial charge in [0.2, 0.25) is 0 Å². The summed E-state index contributed by atoms with van der Waals surface area (Å²) in [5.41, 5.74) is 3.32. The second kappa shape index (κ2) is 6.23. The molecule has 0 saturated heterocycles. The molecule has 0 aliphatic carbocycles. The third-order valence-electron chi connectivity index (χ3n) is 5.46. The number of imide groups is 1. The normalized spacial score (nSPS) is 15.3. The van der Waals surface area contributed by atoms with Gasteiger partial charge < -0.3 is 4.90 Å². The zero-order chi connectivity index (χ0) is 18.4. The van der Waals surface area contributed by atoms with E-state index in [1.165, 1.54) is 10.6 Å². The fourth-order valence-electron chi connectivity index (χ4n) is 4.10. The standard InChI is InChI=1S/C21H20N4O2/c26-20-16-8-2-3-9-17(16)21(27)24(20)12-5-1-4-11-23-14-15-7-6-10-18-22-13-19(23)25(15)18/h2-3,6-10,13H,1,4-5,11-12,14H2. The molecule has 6 heteroatoms. The minimum absolute atomic E-state index is 0.160. The molecule has 0 N–H and O–H groups in total. The summed E-state index contributed by atoms with van der Waals surface area (Å²) in [7, 11) is 0. The summed E-state index contributed by atoms with van der Waals surface area (Å²) in [5.74, 6) is 0.834. The average Bonchev–Trinajstić information content (AvgIpc) is 3.35. The average molecular weight is 360 g/mol. The van der Waals surface area contributed by atoms with E-state index in [0.717, 1.165) is 43.8 Å². The molecule has 0 bridgehead atoms. The van der Waals surface area contributed by atoms with Crippen molar-refractivity contribution in [3.63, 3.8) is 0 Å². The predicted molar refractivity (Wildman–Crippen MR) is 102 cm³/mol. The van der Waals surface area contributed by atoms with Crippen LogP contribution in [-0.4, -0.2) is 39.2 Å². The van der Waals surface area contributed by atoms with Gasteiger partial charge in [-0.3, -0.25) is 18.9 Å². The molecule has 6 nitrogen and oxygen atoms in total. The van der Waals surface area contributed by atoms with Crippen LogP contribution in [0, 0.1) is 0 Å². The first-order valence-corrected chi connectivity index (χ1v) is 9.39. The molecule has 1 aromatic carbocycles. The number of carbonyl (C=O) groups excluding carboxylic acids is 2. The van der Waals surface area contributed by atoms with Crippen molar-refractivity contribution >= 4 is 23.3 Å². The molecule has 2 aliphatic heterocycles. The minimum atomic E-state index is -0.160. The van der Waals surface area contributed by atoms with Crippen LogP contribution in [0.25, 0.3) is 5.65 Å². The lowest BCUT2D eigenvalue weighted by Crippen LogP contribution is -2.30. The summed E-state index contributed by atoms with van der Waals surface area (Å²) >= 11 is 0. The Morgan fingerprint density at radius 3 is 2.37 bits per heavy atom. The molecule has 0 atom stereocenters. The summed E-state index contributed by atoms with van der Waals surface area (Å²) < 4.78 is 2.21. The Balaban J connectivity index is 1.14. The van der Waals surface area contributed by atoms with Gasteiger partial charge in [-0.1, -0.05) is 18.2 Å². The fourth-order valence-corrected chi connectivity index (χ4v) is 4.10. The van der Waals surface area contributed by atoms with Crippen molar-refractivity contribution in [1.82, 2.24) is 14.3 Å². The number of nitrogens with zero attached hydrogens (tertiary/aromatic N) is 4. The predicted octanol–water partition coefficient (Wildman–Crippen LogP) is 3.12. The van der Waals surface area contributed by atoms with E-state index in [1.807, 2.05) is 18.3 Å². The largest absolute Gasteiger partial charge is 0.351 e. The molecule has 0 spiro atoms. The molecule has 2 aliphatic rings. The van der Waals surface area contributed by atoms with E-state index < -0.39 is 0 Å². The number of imidazole rings is 1. The quantitative estimate of drug-likeness (QED) is 0.501. The van der Waals surface area contributed by atoms with Crippen molar-refractivity contribution < 1.29 is 9.59 Å². The molecule has 27 heavy (non-hydrogen) atoms. The number of anilines is 1. The van der Waals surface area contributed by atoms with Crippen molar-refractivity contribution in [2.75, 3.05) is 18.0 Å². The topological polar surface area (TPSA) is 57.9 Å². The highest BCUT2D eigenvalue weighted by Gasteiger charge is 2.34. The maximum absolute atomic E-state index is 12.4. The number of carbonyl (C=O) groups is 2. The Morgan fingerprint density at radius 2 is 1.59 bits per heavy atom. The number of hydrogen-bond donors (Lipinski definition) is 0. The molecule has 0 radical (unpaired) electrons. The van der Waals surface area contributed by atoms with Gasteiger partial charge in [-0.05, 0) is 43.5 Å². The molecule has 2 aromatic heterocycles. The Morgan fingerprint density at radius 1 is 0.852 bits per heavy atom. The van der Waals surface area contributed by atoms with E-state index in [2.05, 4.69) is 20.4 Å².